The number of nitrogens with zero attached hydrogens (tertiary/aromatic N) is 1. The number of nitrogens with one attached hydrogen (secondary N) is 1. The molecule has 0 radical (unpaired) electrons. The molecular formula is C25H32N2O2. The molecule has 0 saturated carbocycles. The highest BCUT2D eigenvalue weighted by atomic mass is 16.2. The molecule has 1 unspecified atom stereocenters. The molecule has 4 nitrogen and oxygen atoms in total. The fourth-order valence-corrected chi connectivity index (χ4v) is 4.27. The van der Waals surface area contributed by atoms with Gasteiger partial charge in [0.2, 0.25) is 11.8 Å². The molecule has 1 aliphatic heterocycles. The van der Waals surface area contributed by atoms with E-state index in [1.165, 1.54) is 11.1 Å². The standard InChI is InChI=1S/C25H32N2O2/c1-5-23(28)27-14-13-25(17-27,24(29)26-18(2)3)16-21-10-6-7-12-22(21)20-11-8-9-19(4)15-20/h6-12,15,18H,5,13-14,16-17H2,1-4H3,(H,26,29). The van der Waals surface area contributed by atoms with Crippen LogP contribution < -0.4 is 5.32 Å². The second kappa shape index (κ2) is 8.81. The Morgan fingerprint density at radius 3 is 2.59 bits per heavy atom. The van der Waals surface area contributed by atoms with Gasteiger partial charge in [-0.1, -0.05) is 61.0 Å². The number of benzene rings is 2. The number of hydrogen-bond donors (Lipinski definition) is 1. The zero-order valence-corrected chi connectivity index (χ0v) is 18.0. The van der Waals surface area contributed by atoms with Crippen LogP contribution in [0.15, 0.2) is 48.5 Å². The molecule has 0 bridgehead atoms. The van der Waals surface area contributed by atoms with E-state index in [0.717, 1.165) is 11.1 Å². The molecule has 0 spiro atoms. The first-order chi connectivity index (χ1) is 13.8. The van der Waals surface area contributed by atoms with Crippen molar-refractivity contribution in [2.45, 2.75) is 53.0 Å². The van der Waals surface area contributed by atoms with Gasteiger partial charge >= 0.3 is 0 Å². The highest BCUT2D eigenvalue weighted by Gasteiger charge is 2.46. The molecule has 4 heteroatoms. The first kappa shape index (κ1) is 21.1. The molecule has 154 valence electrons. The van der Waals surface area contributed by atoms with Crippen molar-refractivity contribution in [3.63, 3.8) is 0 Å². The SMILES string of the molecule is CCC(=O)N1CCC(Cc2ccccc2-c2cccc(C)c2)(C(=O)NC(C)C)C1. The zero-order chi connectivity index (χ0) is 21.0. The van der Waals surface area contributed by atoms with Gasteiger partial charge < -0.3 is 10.2 Å². The Bertz CT molecular complexity index is 890. The van der Waals surface area contributed by atoms with Crippen LogP contribution in [0.1, 0.15) is 44.7 Å². The quantitative estimate of drug-likeness (QED) is 0.794. The van der Waals surface area contributed by atoms with E-state index in [0.29, 0.717) is 32.4 Å². The number of likely N-dealkylation sites (tertiary alicyclic amines) is 1. The van der Waals surface area contributed by atoms with Crippen molar-refractivity contribution in [2.75, 3.05) is 13.1 Å². The fraction of sp³-hybridized carbons (Fsp3) is 0.440. The molecule has 1 saturated heterocycles. The third kappa shape index (κ3) is 4.69. The van der Waals surface area contributed by atoms with Crippen molar-refractivity contribution >= 4 is 11.8 Å². The van der Waals surface area contributed by atoms with E-state index in [2.05, 4.69) is 48.6 Å². The summed E-state index contributed by atoms with van der Waals surface area (Å²) >= 11 is 0. The summed E-state index contributed by atoms with van der Waals surface area (Å²) in [6.07, 6.45) is 1.80. The number of carbonyl (C=O) groups excluding carboxylic acids is 2. The molecule has 1 heterocycles. The molecule has 1 aliphatic rings. The van der Waals surface area contributed by atoms with Gasteiger partial charge in [-0.3, -0.25) is 9.59 Å². The van der Waals surface area contributed by atoms with Gasteiger partial charge in [0.25, 0.3) is 0 Å². The molecule has 2 aromatic rings. The summed E-state index contributed by atoms with van der Waals surface area (Å²) in [6, 6.07) is 16.9. The molecule has 1 atom stereocenters. The first-order valence-corrected chi connectivity index (χ1v) is 10.6. The Hall–Kier alpha value is -2.62. The van der Waals surface area contributed by atoms with Crippen LogP contribution in [0, 0.1) is 12.3 Å². The van der Waals surface area contributed by atoms with Crippen molar-refractivity contribution in [1.29, 1.82) is 0 Å². The van der Waals surface area contributed by atoms with Crippen LogP contribution in [0.25, 0.3) is 11.1 Å². The van der Waals surface area contributed by atoms with E-state index >= 15 is 0 Å². The van der Waals surface area contributed by atoms with Crippen molar-refractivity contribution < 1.29 is 9.59 Å². The molecular weight excluding hydrogens is 360 g/mol. The molecule has 3 rings (SSSR count). The van der Waals surface area contributed by atoms with Crippen LogP contribution in [-0.4, -0.2) is 35.8 Å². The Morgan fingerprint density at radius 2 is 1.90 bits per heavy atom. The summed E-state index contributed by atoms with van der Waals surface area (Å²) in [6.45, 7) is 9.07. The predicted octanol–water partition coefficient (Wildman–Crippen LogP) is 4.36. The van der Waals surface area contributed by atoms with Crippen LogP contribution >= 0.6 is 0 Å². The van der Waals surface area contributed by atoms with Gasteiger partial charge in [-0.2, -0.15) is 0 Å². The minimum Gasteiger partial charge on any atom is -0.353 e. The summed E-state index contributed by atoms with van der Waals surface area (Å²) in [4.78, 5) is 27.5. The summed E-state index contributed by atoms with van der Waals surface area (Å²) in [5.41, 5.74) is 4.11. The average Bonchev–Trinajstić information content (AvgIpc) is 3.13. The summed E-state index contributed by atoms with van der Waals surface area (Å²) in [5, 5.41) is 3.11. The number of aryl methyl sites for hydroxylation is 1. The van der Waals surface area contributed by atoms with Gasteiger partial charge in [-0.15, -0.1) is 0 Å². The highest BCUT2D eigenvalue weighted by molar-refractivity contribution is 5.86. The normalized spacial score (nSPS) is 18.9. The lowest BCUT2D eigenvalue weighted by atomic mass is 9.78. The lowest BCUT2D eigenvalue weighted by Crippen LogP contribution is -2.47. The monoisotopic (exact) mass is 392 g/mol. The average molecular weight is 393 g/mol. The Balaban J connectivity index is 1.97. The van der Waals surface area contributed by atoms with Gasteiger partial charge in [0.05, 0.1) is 5.41 Å². The van der Waals surface area contributed by atoms with Crippen molar-refractivity contribution in [2.24, 2.45) is 5.41 Å². The van der Waals surface area contributed by atoms with Gasteiger partial charge in [0.15, 0.2) is 0 Å². The van der Waals surface area contributed by atoms with Crippen LogP contribution in [0.4, 0.5) is 0 Å². The fourth-order valence-electron chi connectivity index (χ4n) is 4.27. The molecule has 0 aromatic heterocycles. The Morgan fingerprint density at radius 1 is 1.14 bits per heavy atom. The van der Waals surface area contributed by atoms with Gasteiger partial charge in [-0.05, 0) is 50.3 Å². The van der Waals surface area contributed by atoms with Crippen LogP contribution in [0.2, 0.25) is 0 Å². The van der Waals surface area contributed by atoms with Crippen molar-refractivity contribution in [3.8, 4) is 11.1 Å². The minimum absolute atomic E-state index is 0.0537. The lowest BCUT2D eigenvalue weighted by Gasteiger charge is -2.30. The topological polar surface area (TPSA) is 49.4 Å². The van der Waals surface area contributed by atoms with Crippen molar-refractivity contribution in [3.05, 3.63) is 59.7 Å². The molecule has 0 aliphatic carbocycles. The molecule has 29 heavy (non-hydrogen) atoms. The smallest absolute Gasteiger partial charge is 0.228 e. The number of rotatable bonds is 6. The van der Waals surface area contributed by atoms with Gasteiger partial charge in [-0.25, -0.2) is 0 Å². The van der Waals surface area contributed by atoms with Crippen LogP contribution in [0.5, 0.6) is 0 Å². The van der Waals surface area contributed by atoms with E-state index in [-0.39, 0.29) is 17.9 Å². The maximum atomic E-state index is 13.3. The summed E-state index contributed by atoms with van der Waals surface area (Å²) in [5.74, 6) is 0.175. The Kier molecular flexibility index (Phi) is 6.41. The zero-order valence-electron chi connectivity index (χ0n) is 18.0. The largest absolute Gasteiger partial charge is 0.353 e. The maximum Gasteiger partial charge on any atom is 0.228 e. The maximum absolute atomic E-state index is 13.3. The number of carbonyl (C=O) groups is 2. The second-order valence-electron chi connectivity index (χ2n) is 8.53. The molecule has 2 aromatic carbocycles. The first-order valence-electron chi connectivity index (χ1n) is 10.6. The number of hydrogen-bond acceptors (Lipinski definition) is 2. The summed E-state index contributed by atoms with van der Waals surface area (Å²) < 4.78 is 0. The molecule has 2 amide bonds. The highest BCUT2D eigenvalue weighted by Crippen LogP contribution is 2.38. The summed E-state index contributed by atoms with van der Waals surface area (Å²) in [7, 11) is 0. The van der Waals surface area contributed by atoms with E-state index in [4.69, 9.17) is 0 Å². The third-order valence-corrected chi connectivity index (χ3v) is 5.79. The van der Waals surface area contributed by atoms with E-state index in [1.807, 2.05) is 37.8 Å². The third-order valence-electron chi connectivity index (χ3n) is 5.79. The van der Waals surface area contributed by atoms with Crippen LogP contribution in [-0.2, 0) is 16.0 Å². The molecule has 1 N–H and O–H groups in total. The van der Waals surface area contributed by atoms with Gasteiger partial charge in [0.1, 0.15) is 0 Å². The second-order valence-corrected chi connectivity index (χ2v) is 8.53. The minimum atomic E-state index is -0.588. The van der Waals surface area contributed by atoms with Gasteiger partial charge in [0, 0.05) is 25.6 Å². The van der Waals surface area contributed by atoms with E-state index < -0.39 is 5.41 Å². The number of amides is 2. The van der Waals surface area contributed by atoms with Crippen molar-refractivity contribution in [1.82, 2.24) is 10.2 Å². The predicted molar refractivity (Wildman–Crippen MR) is 118 cm³/mol. The van der Waals surface area contributed by atoms with E-state index in [1.54, 1.807) is 0 Å². The van der Waals surface area contributed by atoms with Crippen LogP contribution in [0.3, 0.4) is 0 Å². The molecule has 1 fully saturated rings. The van der Waals surface area contributed by atoms with E-state index in [9.17, 15) is 9.59 Å². The lowest BCUT2D eigenvalue weighted by molar-refractivity contribution is -0.133. The Labute approximate surface area is 174 Å².